The highest BCUT2D eigenvalue weighted by Gasteiger charge is 2.18. The molecule has 1 rings (SSSR count). The molecule has 1 atom stereocenters. The van der Waals surface area contributed by atoms with Gasteiger partial charge in [0.05, 0.1) is 0 Å². The highest BCUT2D eigenvalue weighted by molar-refractivity contribution is 9.10. The molecule has 3 N–H and O–H groups in total. The van der Waals surface area contributed by atoms with Gasteiger partial charge in [0, 0.05) is 10.2 Å². The average molecular weight is 327 g/mol. The van der Waals surface area contributed by atoms with Crippen molar-refractivity contribution >= 4 is 33.6 Å². The zero-order valence-electron chi connectivity index (χ0n) is 10.4. The van der Waals surface area contributed by atoms with Crippen molar-refractivity contribution in [2.75, 3.05) is 5.32 Å². The fraction of sp³-hybridized carbons (Fsp3) is 0.231. The summed E-state index contributed by atoms with van der Waals surface area (Å²) in [4.78, 5) is 22.6. The molecule has 1 aromatic rings. The van der Waals surface area contributed by atoms with E-state index in [0.29, 0.717) is 5.69 Å². The highest BCUT2D eigenvalue weighted by Crippen LogP contribution is 2.20. The third kappa shape index (κ3) is 4.75. The number of carbonyl (C=O) groups is 2. The van der Waals surface area contributed by atoms with Gasteiger partial charge in [-0.25, -0.2) is 9.59 Å². The molecule has 0 spiro atoms. The summed E-state index contributed by atoms with van der Waals surface area (Å²) in [6.07, 6.45) is 1.61. The molecule has 0 radical (unpaired) electrons. The Hall–Kier alpha value is -1.82. The molecule has 0 aliphatic carbocycles. The number of nitrogens with one attached hydrogen (secondary N) is 2. The molecular weight excluding hydrogens is 312 g/mol. The number of benzene rings is 1. The number of hydrogen-bond acceptors (Lipinski definition) is 2. The largest absolute Gasteiger partial charge is 0.480 e. The molecule has 1 aromatic carbocycles. The predicted octanol–water partition coefficient (Wildman–Crippen LogP) is 2.91. The number of aryl methyl sites for hydroxylation is 1. The zero-order chi connectivity index (χ0) is 14.4. The van der Waals surface area contributed by atoms with E-state index in [9.17, 15) is 9.59 Å². The molecular formula is C13H15BrN2O3. The maximum absolute atomic E-state index is 11.7. The van der Waals surface area contributed by atoms with E-state index < -0.39 is 18.0 Å². The minimum atomic E-state index is -1.10. The predicted molar refractivity (Wildman–Crippen MR) is 77.3 cm³/mol. The van der Waals surface area contributed by atoms with E-state index in [1.165, 1.54) is 6.08 Å². The summed E-state index contributed by atoms with van der Waals surface area (Å²) in [5, 5.41) is 13.9. The number of amides is 2. The second kappa shape index (κ2) is 6.94. The summed E-state index contributed by atoms with van der Waals surface area (Å²) in [5.41, 5.74) is 1.50. The highest BCUT2D eigenvalue weighted by atomic mass is 79.9. The minimum Gasteiger partial charge on any atom is -0.480 e. The molecule has 1 unspecified atom stereocenters. The first kappa shape index (κ1) is 15.2. The summed E-state index contributed by atoms with van der Waals surface area (Å²) >= 11 is 3.31. The number of aliphatic carboxylic acids is 1. The molecule has 6 heteroatoms. The maximum atomic E-state index is 11.7. The Morgan fingerprint density at radius 1 is 1.53 bits per heavy atom. The Morgan fingerprint density at radius 2 is 2.21 bits per heavy atom. The summed E-state index contributed by atoms with van der Waals surface area (Å²) in [6, 6.07) is 3.91. The van der Waals surface area contributed by atoms with Crippen LogP contribution in [0, 0.1) is 6.92 Å². The molecule has 0 fully saturated rings. The van der Waals surface area contributed by atoms with E-state index in [0.717, 1.165) is 10.0 Å². The molecule has 5 nitrogen and oxygen atoms in total. The molecule has 0 saturated heterocycles. The summed E-state index contributed by atoms with van der Waals surface area (Å²) in [7, 11) is 0. The molecule has 0 saturated carbocycles. The van der Waals surface area contributed by atoms with Crippen molar-refractivity contribution in [1.82, 2.24) is 5.32 Å². The summed E-state index contributed by atoms with van der Waals surface area (Å²) < 4.78 is 0.828. The van der Waals surface area contributed by atoms with Crippen molar-refractivity contribution in [2.45, 2.75) is 19.4 Å². The molecule has 0 bridgehead atoms. The fourth-order valence-electron chi connectivity index (χ4n) is 1.43. The Labute approximate surface area is 119 Å². The molecule has 0 heterocycles. The van der Waals surface area contributed by atoms with Gasteiger partial charge in [-0.3, -0.25) is 0 Å². The Morgan fingerprint density at radius 3 is 2.79 bits per heavy atom. The maximum Gasteiger partial charge on any atom is 0.326 e. The van der Waals surface area contributed by atoms with Crippen LogP contribution in [0.25, 0.3) is 0 Å². The van der Waals surface area contributed by atoms with Gasteiger partial charge in [-0.2, -0.15) is 0 Å². The zero-order valence-corrected chi connectivity index (χ0v) is 12.0. The van der Waals surface area contributed by atoms with Crippen LogP contribution in [0.15, 0.2) is 35.3 Å². The van der Waals surface area contributed by atoms with Crippen LogP contribution in [0.2, 0.25) is 0 Å². The second-order valence-electron chi connectivity index (χ2n) is 3.97. The number of anilines is 1. The topological polar surface area (TPSA) is 78.4 Å². The minimum absolute atomic E-state index is 0.167. The van der Waals surface area contributed by atoms with Crippen LogP contribution in [0.5, 0.6) is 0 Å². The van der Waals surface area contributed by atoms with Crippen LogP contribution in [0.4, 0.5) is 10.5 Å². The van der Waals surface area contributed by atoms with Gasteiger partial charge in [0.15, 0.2) is 0 Å². The lowest BCUT2D eigenvalue weighted by Crippen LogP contribution is -2.42. The van der Waals surface area contributed by atoms with Crippen molar-refractivity contribution in [2.24, 2.45) is 0 Å². The van der Waals surface area contributed by atoms with Crippen LogP contribution in [0.3, 0.4) is 0 Å². The number of hydrogen-bond donors (Lipinski definition) is 3. The van der Waals surface area contributed by atoms with Crippen molar-refractivity contribution in [3.05, 3.63) is 40.9 Å². The van der Waals surface area contributed by atoms with Crippen molar-refractivity contribution in [3.63, 3.8) is 0 Å². The first-order chi connectivity index (χ1) is 8.93. The van der Waals surface area contributed by atoms with Crippen LogP contribution < -0.4 is 10.6 Å². The quantitative estimate of drug-likeness (QED) is 0.728. The summed E-state index contributed by atoms with van der Waals surface area (Å²) in [6.45, 7) is 5.31. The lowest BCUT2D eigenvalue weighted by molar-refractivity contribution is -0.139. The fourth-order valence-corrected chi connectivity index (χ4v) is 1.79. The number of rotatable bonds is 5. The monoisotopic (exact) mass is 326 g/mol. The van der Waals surface area contributed by atoms with Gasteiger partial charge in [-0.1, -0.05) is 28.1 Å². The SMILES string of the molecule is C=CCC(NC(=O)Nc1cc(Br)ccc1C)C(=O)O. The normalized spacial score (nSPS) is 11.5. The van der Waals surface area contributed by atoms with Crippen molar-refractivity contribution in [3.8, 4) is 0 Å². The Kier molecular flexibility index (Phi) is 5.57. The van der Waals surface area contributed by atoms with E-state index >= 15 is 0 Å². The van der Waals surface area contributed by atoms with E-state index in [1.807, 2.05) is 19.1 Å². The Bertz CT molecular complexity index is 503. The number of carboxylic acids is 1. The van der Waals surface area contributed by atoms with Gasteiger partial charge in [-0.05, 0) is 31.0 Å². The summed E-state index contributed by atoms with van der Waals surface area (Å²) in [5.74, 6) is -1.10. The Balaban J connectivity index is 2.71. The molecule has 102 valence electrons. The van der Waals surface area contributed by atoms with Crippen LogP contribution >= 0.6 is 15.9 Å². The van der Waals surface area contributed by atoms with Gasteiger partial charge < -0.3 is 15.7 Å². The third-order valence-electron chi connectivity index (χ3n) is 2.45. The molecule has 0 aromatic heterocycles. The molecule has 0 aliphatic rings. The van der Waals surface area contributed by atoms with Gasteiger partial charge in [-0.15, -0.1) is 6.58 Å². The van der Waals surface area contributed by atoms with Gasteiger partial charge in [0.2, 0.25) is 0 Å². The van der Waals surface area contributed by atoms with E-state index in [-0.39, 0.29) is 6.42 Å². The number of carbonyl (C=O) groups excluding carboxylic acids is 1. The standard InChI is InChI=1S/C13H15BrN2O3/c1-3-4-10(12(17)18)15-13(19)16-11-7-9(14)6-5-8(11)2/h3,5-7,10H,1,4H2,2H3,(H,17,18)(H2,15,16,19). The van der Waals surface area contributed by atoms with E-state index in [4.69, 9.17) is 5.11 Å². The first-order valence-electron chi connectivity index (χ1n) is 5.61. The number of carboxylic acid groups (broad SMARTS) is 1. The number of halogens is 1. The van der Waals surface area contributed by atoms with Gasteiger partial charge in [0.1, 0.15) is 6.04 Å². The smallest absolute Gasteiger partial charge is 0.326 e. The first-order valence-corrected chi connectivity index (χ1v) is 6.40. The van der Waals surface area contributed by atoms with Crippen LogP contribution in [-0.2, 0) is 4.79 Å². The van der Waals surface area contributed by atoms with Gasteiger partial charge >= 0.3 is 12.0 Å². The van der Waals surface area contributed by atoms with E-state index in [2.05, 4.69) is 33.1 Å². The molecule has 19 heavy (non-hydrogen) atoms. The lowest BCUT2D eigenvalue weighted by Gasteiger charge is -2.14. The number of urea groups is 1. The lowest BCUT2D eigenvalue weighted by atomic mass is 10.2. The van der Waals surface area contributed by atoms with Crippen LogP contribution in [0.1, 0.15) is 12.0 Å². The third-order valence-corrected chi connectivity index (χ3v) is 2.95. The molecule has 2 amide bonds. The van der Waals surface area contributed by atoms with E-state index in [1.54, 1.807) is 6.07 Å². The van der Waals surface area contributed by atoms with Gasteiger partial charge in [0.25, 0.3) is 0 Å². The second-order valence-corrected chi connectivity index (χ2v) is 4.89. The van der Waals surface area contributed by atoms with Crippen molar-refractivity contribution in [1.29, 1.82) is 0 Å². The average Bonchev–Trinajstić information content (AvgIpc) is 2.33. The molecule has 0 aliphatic heterocycles. The van der Waals surface area contributed by atoms with Crippen molar-refractivity contribution < 1.29 is 14.7 Å². The van der Waals surface area contributed by atoms with Crippen LogP contribution in [-0.4, -0.2) is 23.1 Å².